The van der Waals surface area contributed by atoms with Crippen LogP contribution in [0.5, 0.6) is 0 Å². The van der Waals surface area contributed by atoms with Crippen molar-refractivity contribution in [3.63, 3.8) is 0 Å². The molecule has 0 radical (unpaired) electrons. The second-order valence-corrected chi connectivity index (χ2v) is 8.12. The topological polar surface area (TPSA) is 59.0 Å². The van der Waals surface area contributed by atoms with Crippen molar-refractivity contribution in [3.8, 4) is 0 Å². The molecule has 2 aliphatic rings. The van der Waals surface area contributed by atoms with Gasteiger partial charge in [-0.3, -0.25) is 9.69 Å². The predicted octanol–water partition coefficient (Wildman–Crippen LogP) is 3.67. The molecule has 0 aromatic heterocycles. The van der Waals surface area contributed by atoms with E-state index in [4.69, 9.17) is 4.74 Å². The molecule has 1 aromatic carbocycles. The quantitative estimate of drug-likeness (QED) is 0.753. The zero-order valence-corrected chi connectivity index (χ0v) is 16.0. The first kappa shape index (κ1) is 18.6. The van der Waals surface area contributed by atoms with Crippen molar-refractivity contribution in [2.45, 2.75) is 39.0 Å². The Hall–Kier alpha value is -2.15. The second-order valence-electron chi connectivity index (χ2n) is 6.81. The molecule has 26 heavy (non-hydrogen) atoms. The van der Waals surface area contributed by atoms with Crippen LogP contribution in [-0.4, -0.2) is 33.8 Å². The normalized spacial score (nSPS) is 22.6. The van der Waals surface area contributed by atoms with Gasteiger partial charge in [0.25, 0.3) is 0 Å². The van der Waals surface area contributed by atoms with Crippen LogP contribution in [0.3, 0.4) is 0 Å². The monoisotopic (exact) mass is 376 g/mol. The van der Waals surface area contributed by atoms with Gasteiger partial charge in [-0.15, -0.1) is 0 Å². The molecular formula is C19H21FN2O3S. The number of benzene rings is 1. The number of amides is 1. The summed E-state index contributed by atoms with van der Waals surface area (Å²) in [6.45, 7) is 7.72. The zero-order valence-electron chi connectivity index (χ0n) is 15.2. The standard InChI is InChI=1S/C19H21FN2O3S/c1-10(2)9-25-18(24)15-11(3)21-19-22(17(23)12(4)26-19)16(15)13-5-7-14(20)8-6-13/h5-8,10,12,16H,9H2,1-4H3. The maximum Gasteiger partial charge on any atom is 0.338 e. The van der Waals surface area contributed by atoms with Gasteiger partial charge in [0.15, 0.2) is 5.17 Å². The number of amidine groups is 1. The summed E-state index contributed by atoms with van der Waals surface area (Å²) in [5.41, 5.74) is 1.50. The van der Waals surface area contributed by atoms with Crippen molar-refractivity contribution in [1.29, 1.82) is 0 Å². The zero-order chi connectivity index (χ0) is 19.0. The number of carbonyl (C=O) groups excluding carboxylic acids is 2. The van der Waals surface area contributed by atoms with Crippen molar-refractivity contribution in [2.75, 3.05) is 6.61 Å². The van der Waals surface area contributed by atoms with Gasteiger partial charge in [-0.1, -0.05) is 37.7 Å². The SMILES string of the molecule is CC1=C(C(=O)OCC(C)C)C(c2ccc(F)cc2)N2C(=O)C(C)SC2=N1. The Morgan fingerprint density at radius 3 is 2.62 bits per heavy atom. The largest absolute Gasteiger partial charge is 0.462 e. The van der Waals surface area contributed by atoms with E-state index in [1.165, 1.54) is 28.8 Å². The molecule has 0 bridgehead atoms. The molecular weight excluding hydrogens is 355 g/mol. The number of ether oxygens (including phenoxy) is 1. The smallest absolute Gasteiger partial charge is 0.338 e. The number of allylic oxidation sites excluding steroid dienone is 1. The first-order valence-corrected chi connectivity index (χ1v) is 9.39. The third kappa shape index (κ3) is 3.40. The van der Waals surface area contributed by atoms with E-state index in [2.05, 4.69) is 4.99 Å². The summed E-state index contributed by atoms with van der Waals surface area (Å²) in [6.07, 6.45) is 0. The van der Waals surface area contributed by atoms with Gasteiger partial charge in [-0.2, -0.15) is 0 Å². The van der Waals surface area contributed by atoms with Gasteiger partial charge in [-0.05, 0) is 37.5 Å². The average molecular weight is 376 g/mol. The Kier molecular flexibility index (Phi) is 5.18. The maximum atomic E-state index is 13.4. The van der Waals surface area contributed by atoms with E-state index >= 15 is 0 Å². The fraction of sp³-hybridized carbons (Fsp3) is 0.421. The van der Waals surface area contributed by atoms with Crippen LogP contribution in [0.25, 0.3) is 0 Å². The first-order valence-electron chi connectivity index (χ1n) is 8.51. The molecule has 2 unspecified atom stereocenters. The molecule has 1 fully saturated rings. The highest BCUT2D eigenvalue weighted by atomic mass is 32.2. The summed E-state index contributed by atoms with van der Waals surface area (Å²) in [7, 11) is 0. The molecule has 5 nitrogen and oxygen atoms in total. The molecule has 1 saturated heterocycles. The first-order chi connectivity index (χ1) is 12.3. The molecule has 2 heterocycles. The summed E-state index contributed by atoms with van der Waals surface area (Å²) in [5.74, 6) is -0.801. The molecule has 2 atom stereocenters. The predicted molar refractivity (Wildman–Crippen MR) is 99.0 cm³/mol. The number of rotatable bonds is 4. The minimum absolute atomic E-state index is 0.121. The Morgan fingerprint density at radius 1 is 1.35 bits per heavy atom. The Labute approximate surface area is 156 Å². The second kappa shape index (κ2) is 7.23. The van der Waals surface area contributed by atoms with Crippen LogP contribution >= 0.6 is 11.8 Å². The summed E-state index contributed by atoms with van der Waals surface area (Å²) >= 11 is 1.36. The Morgan fingerprint density at radius 2 is 2.00 bits per heavy atom. The number of thioether (sulfide) groups is 1. The van der Waals surface area contributed by atoms with Crippen LogP contribution in [0.2, 0.25) is 0 Å². The molecule has 2 aliphatic heterocycles. The van der Waals surface area contributed by atoms with Crippen LogP contribution in [0.1, 0.15) is 39.3 Å². The Bertz CT molecular complexity index is 802. The van der Waals surface area contributed by atoms with Gasteiger partial charge < -0.3 is 4.74 Å². The lowest BCUT2D eigenvalue weighted by molar-refractivity contribution is -0.141. The molecule has 3 rings (SSSR count). The number of esters is 1. The minimum atomic E-state index is -0.660. The van der Waals surface area contributed by atoms with E-state index in [9.17, 15) is 14.0 Å². The molecule has 0 saturated carbocycles. The van der Waals surface area contributed by atoms with Crippen molar-refractivity contribution in [2.24, 2.45) is 10.9 Å². The highest BCUT2D eigenvalue weighted by Crippen LogP contribution is 2.43. The highest BCUT2D eigenvalue weighted by molar-refractivity contribution is 8.15. The van der Waals surface area contributed by atoms with Gasteiger partial charge in [0, 0.05) is 0 Å². The number of aliphatic imine (C=N–C) groups is 1. The summed E-state index contributed by atoms with van der Waals surface area (Å²) in [4.78, 5) is 31.5. The van der Waals surface area contributed by atoms with Gasteiger partial charge in [0.2, 0.25) is 5.91 Å². The van der Waals surface area contributed by atoms with E-state index in [0.717, 1.165) is 0 Å². The molecule has 7 heteroatoms. The van der Waals surface area contributed by atoms with E-state index in [0.29, 0.717) is 22.0 Å². The minimum Gasteiger partial charge on any atom is -0.462 e. The van der Waals surface area contributed by atoms with Crippen LogP contribution in [-0.2, 0) is 14.3 Å². The summed E-state index contributed by atoms with van der Waals surface area (Å²) in [5, 5.41) is 0.283. The molecule has 0 spiro atoms. The molecule has 138 valence electrons. The van der Waals surface area contributed by atoms with Gasteiger partial charge in [0.05, 0.1) is 29.2 Å². The van der Waals surface area contributed by atoms with Crippen molar-refractivity contribution in [1.82, 2.24) is 4.90 Å². The summed E-state index contributed by atoms with van der Waals surface area (Å²) in [6, 6.07) is 5.17. The number of carbonyl (C=O) groups is 2. The van der Waals surface area contributed by atoms with Crippen LogP contribution in [0.15, 0.2) is 40.5 Å². The molecule has 1 amide bonds. The Balaban J connectivity index is 2.06. The molecule has 0 N–H and O–H groups in total. The van der Waals surface area contributed by atoms with E-state index in [1.807, 2.05) is 20.8 Å². The van der Waals surface area contributed by atoms with Gasteiger partial charge in [-0.25, -0.2) is 14.2 Å². The van der Waals surface area contributed by atoms with E-state index in [1.54, 1.807) is 19.1 Å². The highest BCUT2D eigenvalue weighted by Gasteiger charge is 2.46. The molecule has 1 aromatic rings. The van der Waals surface area contributed by atoms with E-state index in [-0.39, 0.29) is 29.5 Å². The lowest BCUT2D eigenvalue weighted by Gasteiger charge is -2.33. The van der Waals surface area contributed by atoms with Gasteiger partial charge in [0.1, 0.15) is 5.82 Å². The third-order valence-electron chi connectivity index (χ3n) is 4.21. The fourth-order valence-electron chi connectivity index (χ4n) is 2.94. The van der Waals surface area contributed by atoms with Crippen molar-refractivity contribution < 1.29 is 18.7 Å². The summed E-state index contributed by atoms with van der Waals surface area (Å²) < 4.78 is 18.8. The molecule has 0 aliphatic carbocycles. The lowest BCUT2D eigenvalue weighted by Crippen LogP contribution is -2.40. The fourth-order valence-corrected chi connectivity index (χ4v) is 3.97. The lowest BCUT2D eigenvalue weighted by atomic mass is 9.94. The number of hydrogen-bond donors (Lipinski definition) is 0. The van der Waals surface area contributed by atoms with Crippen molar-refractivity contribution in [3.05, 3.63) is 46.9 Å². The van der Waals surface area contributed by atoms with Crippen LogP contribution < -0.4 is 0 Å². The third-order valence-corrected chi connectivity index (χ3v) is 5.27. The van der Waals surface area contributed by atoms with E-state index < -0.39 is 12.0 Å². The van der Waals surface area contributed by atoms with Crippen LogP contribution in [0.4, 0.5) is 4.39 Å². The van der Waals surface area contributed by atoms with Crippen molar-refractivity contribution >= 4 is 28.8 Å². The number of hydrogen-bond acceptors (Lipinski definition) is 5. The van der Waals surface area contributed by atoms with Gasteiger partial charge >= 0.3 is 5.97 Å². The van der Waals surface area contributed by atoms with Crippen LogP contribution in [0, 0.1) is 11.7 Å². The average Bonchev–Trinajstić information content (AvgIpc) is 2.86. The number of fused-ring (bicyclic) bond motifs is 1. The maximum absolute atomic E-state index is 13.4. The number of nitrogens with zero attached hydrogens (tertiary/aromatic N) is 2. The number of halogens is 1.